The third kappa shape index (κ3) is 14.1. The van der Waals surface area contributed by atoms with Crippen molar-refractivity contribution < 1.29 is 34.0 Å². The number of aliphatic hydroxyl groups excluding tert-OH is 2. The maximum atomic E-state index is 12.2. The molecule has 0 radical (unpaired) electrons. The minimum absolute atomic E-state index is 0.125. The minimum atomic E-state index is -0.809. The first-order chi connectivity index (χ1) is 30.9. The fraction of sp³-hybridized carbons (Fsp3) is 0.579. The zero-order chi connectivity index (χ0) is 46.1. The van der Waals surface area contributed by atoms with Gasteiger partial charge >= 0.3 is 11.9 Å². The number of hydrogen-bond donors (Lipinski definition) is 2. The molecule has 0 aromatic heterocycles. The number of carbonyl (C=O) groups is 2. The van der Waals surface area contributed by atoms with Crippen LogP contribution in [0.4, 0.5) is 0 Å². The van der Waals surface area contributed by atoms with Gasteiger partial charge in [0, 0.05) is 11.1 Å². The molecule has 7 heteroatoms. The Balaban J connectivity index is 1.35. The van der Waals surface area contributed by atoms with Crippen molar-refractivity contribution in [3.05, 3.63) is 101 Å². The van der Waals surface area contributed by atoms with Gasteiger partial charge in [0.25, 0.3) is 0 Å². The molecule has 350 valence electrons. The van der Waals surface area contributed by atoms with Crippen LogP contribution in [0.25, 0.3) is 22.3 Å². The maximum Gasteiger partial charge on any atom is 0.333 e. The lowest BCUT2D eigenvalue weighted by molar-refractivity contribution is -0.139. The summed E-state index contributed by atoms with van der Waals surface area (Å²) >= 11 is 0. The summed E-state index contributed by atoms with van der Waals surface area (Å²) in [6, 6.07) is 20.5. The molecule has 64 heavy (non-hydrogen) atoms. The topological polar surface area (TPSA) is 102 Å². The third-order valence-corrected chi connectivity index (χ3v) is 14.6. The molecule has 0 saturated heterocycles. The Hall–Kier alpha value is -4.20. The van der Waals surface area contributed by atoms with Crippen molar-refractivity contribution >= 4 is 11.9 Å². The molecule has 2 saturated carbocycles. The molecule has 0 heterocycles. The van der Waals surface area contributed by atoms with Crippen LogP contribution in [0, 0.1) is 23.2 Å². The highest BCUT2D eigenvalue weighted by molar-refractivity contribution is 5.87. The fourth-order valence-corrected chi connectivity index (χ4v) is 10.1. The fourth-order valence-electron chi connectivity index (χ4n) is 10.1. The Morgan fingerprint density at radius 2 is 1.19 bits per heavy atom. The summed E-state index contributed by atoms with van der Waals surface area (Å²) in [6.45, 7) is 17.3. The second kappa shape index (κ2) is 25.5. The monoisotopic (exact) mass is 877 g/mol. The maximum absolute atomic E-state index is 12.2. The van der Waals surface area contributed by atoms with Crippen LogP contribution in [-0.2, 0) is 38.3 Å². The highest BCUT2D eigenvalue weighted by atomic mass is 16.5. The Labute approximate surface area is 386 Å². The Morgan fingerprint density at radius 3 is 1.69 bits per heavy atom. The van der Waals surface area contributed by atoms with Gasteiger partial charge < -0.3 is 24.4 Å². The van der Waals surface area contributed by atoms with E-state index in [0.29, 0.717) is 54.9 Å². The van der Waals surface area contributed by atoms with E-state index in [4.69, 9.17) is 14.2 Å². The largest absolute Gasteiger partial charge is 0.492 e. The van der Waals surface area contributed by atoms with Crippen LogP contribution in [0.3, 0.4) is 0 Å². The van der Waals surface area contributed by atoms with Gasteiger partial charge in [-0.3, -0.25) is 0 Å². The SMILES string of the molecule is C=C(C)C(=O)OCCCc1cc(-c2ccc(-c3ccc(C4CCC(C5CCC(CCCCC)CC5)CC4)cc3)cc2CC)cc(CCCOC(=O)C(=C)C)c1OCC(CC)(CO)CO. The zero-order valence-corrected chi connectivity index (χ0v) is 40.1. The quantitative estimate of drug-likeness (QED) is 0.0496. The number of aliphatic hydroxyl groups is 2. The van der Waals surface area contributed by atoms with Crippen LogP contribution >= 0.6 is 0 Å². The van der Waals surface area contributed by atoms with Crippen LogP contribution in [-0.4, -0.2) is 55.2 Å². The number of carbonyl (C=O) groups excluding carboxylic acids is 2. The highest BCUT2D eigenvalue weighted by Gasteiger charge is 2.32. The number of rotatable bonds is 25. The zero-order valence-electron chi connectivity index (χ0n) is 40.1. The van der Waals surface area contributed by atoms with E-state index in [1.807, 2.05) is 6.92 Å². The second-order valence-electron chi connectivity index (χ2n) is 19.4. The van der Waals surface area contributed by atoms with E-state index in [0.717, 1.165) is 46.4 Å². The van der Waals surface area contributed by atoms with Crippen molar-refractivity contribution in [3.63, 3.8) is 0 Å². The van der Waals surface area contributed by atoms with Crippen LogP contribution in [0.1, 0.15) is 159 Å². The smallest absolute Gasteiger partial charge is 0.333 e. The van der Waals surface area contributed by atoms with Gasteiger partial charge in [-0.25, -0.2) is 9.59 Å². The number of benzene rings is 3. The number of ether oxygens (including phenoxy) is 3. The first-order valence-electron chi connectivity index (χ1n) is 24.8. The predicted octanol–water partition coefficient (Wildman–Crippen LogP) is 13.1. The third-order valence-electron chi connectivity index (χ3n) is 14.6. The molecule has 2 N–H and O–H groups in total. The molecule has 0 amide bonds. The summed E-state index contributed by atoms with van der Waals surface area (Å²) < 4.78 is 17.5. The molecule has 0 spiro atoms. The number of hydrogen-bond acceptors (Lipinski definition) is 7. The van der Waals surface area contributed by atoms with Crippen LogP contribution in [0.2, 0.25) is 0 Å². The molecule has 0 unspecified atom stereocenters. The summed E-state index contributed by atoms with van der Waals surface area (Å²) in [7, 11) is 0. The van der Waals surface area contributed by atoms with Gasteiger partial charge in [-0.05, 0) is 171 Å². The van der Waals surface area contributed by atoms with Crippen molar-refractivity contribution in [1.82, 2.24) is 0 Å². The van der Waals surface area contributed by atoms with Gasteiger partial charge in [0.05, 0.1) is 38.4 Å². The van der Waals surface area contributed by atoms with Crippen LogP contribution < -0.4 is 4.74 Å². The number of esters is 2. The van der Waals surface area contributed by atoms with Crippen molar-refractivity contribution in [2.45, 2.75) is 156 Å². The lowest BCUT2D eigenvalue weighted by atomic mass is 9.68. The van der Waals surface area contributed by atoms with Gasteiger partial charge in [0.2, 0.25) is 0 Å². The van der Waals surface area contributed by atoms with Gasteiger partial charge in [0.1, 0.15) is 5.75 Å². The summed E-state index contributed by atoms with van der Waals surface area (Å²) in [5.74, 6) is 3.36. The Kier molecular flexibility index (Phi) is 20.2. The molecular weight excluding hydrogens is 797 g/mol. The van der Waals surface area contributed by atoms with Gasteiger partial charge in [-0.15, -0.1) is 0 Å². The van der Waals surface area contributed by atoms with E-state index in [-0.39, 0.29) is 33.0 Å². The average Bonchev–Trinajstić information content (AvgIpc) is 3.32. The highest BCUT2D eigenvalue weighted by Crippen LogP contribution is 2.45. The first-order valence-corrected chi connectivity index (χ1v) is 24.8. The van der Waals surface area contributed by atoms with E-state index in [2.05, 4.69) is 81.6 Å². The number of aryl methyl sites for hydroxylation is 3. The molecule has 3 aromatic rings. The standard InChI is InChI=1S/C57H80O7/c1-8-11-12-15-42-18-20-44(21-19-42)45-22-24-46(25-23-45)47-26-28-48(29-27-47)49-30-31-53(43(9-2)34-49)52-35-50(16-13-32-62-55(60)40(4)5)54(64-39-57(10-3,37-58)38-59)51(36-52)17-14-33-63-56(61)41(6)7/h26-31,34-36,42,44-46,58-59H,4,6,8-25,32-33,37-39H2,1-3,5,7H3. The van der Waals surface area contributed by atoms with Gasteiger partial charge in [0.15, 0.2) is 0 Å². The Morgan fingerprint density at radius 1 is 0.656 bits per heavy atom. The molecule has 0 bridgehead atoms. The number of unbranched alkanes of at least 4 members (excludes halogenated alkanes) is 2. The lowest BCUT2D eigenvalue weighted by Gasteiger charge is -2.38. The average molecular weight is 877 g/mol. The normalized spacial score (nSPS) is 18.9. The summed E-state index contributed by atoms with van der Waals surface area (Å²) in [5.41, 5.74) is 9.11. The molecule has 0 atom stereocenters. The molecular formula is C57H80O7. The van der Waals surface area contributed by atoms with Gasteiger partial charge in [-0.2, -0.15) is 0 Å². The molecule has 2 fully saturated rings. The van der Waals surface area contributed by atoms with Gasteiger partial charge in [-0.1, -0.05) is 115 Å². The van der Waals surface area contributed by atoms with E-state index in [1.165, 1.54) is 99.3 Å². The van der Waals surface area contributed by atoms with Crippen LogP contribution in [0.15, 0.2) is 78.9 Å². The molecule has 2 aliphatic carbocycles. The first kappa shape index (κ1) is 50.8. The van der Waals surface area contributed by atoms with E-state index >= 15 is 0 Å². The van der Waals surface area contributed by atoms with Crippen molar-refractivity contribution in [2.24, 2.45) is 23.2 Å². The predicted molar refractivity (Wildman–Crippen MR) is 262 cm³/mol. The molecule has 7 nitrogen and oxygen atoms in total. The lowest BCUT2D eigenvalue weighted by Crippen LogP contribution is -2.36. The summed E-state index contributed by atoms with van der Waals surface area (Å²) in [6.07, 6.45) is 20.5. The summed E-state index contributed by atoms with van der Waals surface area (Å²) in [4.78, 5) is 24.4. The second-order valence-corrected chi connectivity index (χ2v) is 19.4. The Bertz CT molecular complexity index is 1890. The van der Waals surface area contributed by atoms with E-state index in [1.54, 1.807) is 13.8 Å². The molecule has 5 rings (SSSR count). The van der Waals surface area contributed by atoms with E-state index in [9.17, 15) is 19.8 Å². The van der Waals surface area contributed by atoms with Crippen molar-refractivity contribution in [3.8, 4) is 28.0 Å². The molecule has 2 aliphatic rings. The van der Waals surface area contributed by atoms with Crippen molar-refractivity contribution in [2.75, 3.05) is 33.0 Å². The van der Waals surface area contributed by atoms with E-state index < -0.39 is 17.4 Å². The minimum Gasteiger partial charge on any atom is -0.492 e. The van der Waals surface area contributed by atoms with Crippen molar-refractivity contribution in [1.29, 1.82) is 0 Å². The molecule has 0 aliphatic heterocycles. The summed E-state index contributed by atoms with van der Waals surface area (Å²) in [5, 5.41) is 20.6. The molecule has 3 aromatic carbocycles. The van der Waals surface area contributed by atoms with Crippen LogP contribution in [0.5, 0.6) is 5.75 Å².